The number of nitrogens with zero attached hydrogens (tertiary/aromatic N) is 3. The fourth-order valence-corrected chi connectivity index (χ4v) is 3.73. The molecule has 1 aromatic carbocycles. The zero-order valence-electron chi connectivity index (χ0n) is 17.3. The largest absolute Gasteiger partial charge is 0.335 e. The third-order valence-electron chi connectivity index (χ3n) is 5.21. The quantitative estimate of drug-likeness (QED) is 0.678. The van der Waals surface area contributed by atoms with Gasteiger partial charge in [0.15, 0.2) is 0 Å². The zero-order valence-corrected chi connectivity index (χ0v) is 17.3. The lowest BCUT2D eigenvalue weighted by molar-refractivity contribution is -0.151. The van der Waals surface area contributed by atoms with Crippen LogP contribution in [-0.2, 0) is 16.0 Å². The lowest BCUT2D eigenvalue weighted by Gasteiger charge is -2.40. The van der Waals surface area contributed by atoms with E-state index in [2.05, 4.69) is 11.6 Å². The van der Waals surface area contributed by atoms with Crippen molar-refractivity contribution in [1.29, 1.82) is 0 Å². The first-order chi connectivity index (χ1) is 14.0. The topological polar surface area (TPSA) is 53.5 Å². The molecule has 29 heavy (non-hydrogen) atoms. The number of carbonyl (C=O) groups is 2. The summed E-state index contributed by atoms with van der Waals surface area (Å²) in [4.78, 5) is 33.6. The van der Waals surface area contributed by atoms with Crippen LogP contribution in [0.3, 0.4) is 0 Å². The summed E-state index contributed by atoms with van der Waals surface area (Å²) < 4.78 is 0. The Morgan fingerprint density at radius 2 is 1.97 bits per heavy atom. The number of amides is 2. The molecule has 3 rings (SSSR count). The van der Waals surface area contributed by atoms with Gasteiger partial charge in [-0.1, -0.05) is 50.3 Å². The Morgan fingerprint density at radius 1 is 1.21 bits per heavy atom. The van der Waals surface area contributed by atoms with E-state index in [0.717, 1.165) is 16.7 Å². The minimum absolute atomic E-state index is 0.00425. The molecule has 1 aromatic heterocycles. The molecule has 5 nitrogen and oxygen atoms in total. The molecule has 5 heteroatoms. The summed E-state index contributed by atoms with van der Waals surface area (Å²) in [5.41, 5.74) is 3.18. The lowest BCUT2D eigenvalue weighted by atomic mass is 9.97. The van der Waals surface area contributed by atoms with E-state index in [1.165, 1.54) is 0 Å². The summed E-state index contributed by atoms with van der Waals surface area (Å²) in [6.07, 6.45) is 6.31. The van der Waals surface area contributed by atoms with Gasteiger partial charge in [-0.15, -0.1) is 6.58 Å². The summed E-state index contributed by atoms with van der Waals surface area (Å²) in [6, 6.07) is 11.6. The highest BCUT2D eigenvalue weighted by molar-refractivity contribution is 5.89. The van der Waals surface area contributed by atoms with Crippen LogP contribution in [0.1, 0.15) is 25.8 Å². The molecule has 2 heterocycles. The number of hydrogen-bond donors (Lipinski definition) is 0. The van der Waals surface area contributed by atoms with E-state index in [0.29, 0.717) is 32.5 Å². The fraction of sp³-hybridized carbons (Fsp3) is 0.375. The number of hydrogen-bond acceptors (Lipinski definition) is 3. The van der Waals surface area contributed by atoms with E-state index in [-0.39, 0.29) is 17.7 Å². The number of rotatable bonds is 7. The molecule has 0 radical (unpaired) electrons. The van der Waals surface area contributed by atoms with Gasteiger partial charge in [0.2, 0.25) is 11.8 Å². The van der Waals surface area contributed by atoms with Crippen molar-refractivity contribution in [1.82, 2.24) is 14.8 Å². The van der Waals surface area contributed by atoms with Crippen molar-refractivity contribution in [3.63, 3.8) is 0 Å². The first-order valence-electron chi connectivity index (χ1n) is 10.2. The number of carbonyl (C=O) groups excluding carboxylic acids is 2. The second-order valence-electron chi connectivity index (χ2n) is 7.92. The van der Waals surface area contributed by atoms with Crippen molar-refractivity contribution < 1.29 is 9.59 Å². The van der Waals surface area contributed by atoms with E-state index in [1.807, 2.05) is 56.4 Å². The van der Waals surface area contributed by atoms with Gasteiger partial charge in [0.1, 0.15) is 6.04 Å². The van der Waals surface area contributed by atoms with Crippen LogP contribution in [-0.4, -0.2) is 52.3 Å². The van der Waals surface area contributed by atoms with Crippen LogP contribution >= 0.6 is 0 Å². The molecule has 1 fully saturated rings. The van der Waals surface area contributed by atoms with Crippen LogP contribution in [0.25, 0.3) is 11.1 Å². The molecule has 0 saturated carbocycles. The lowest BCUT2D eigenvalue weighted by Crippen LogP contribution is -2.59. The molecule has 0 N–H and O–H groups in total. The Morgan fingerprint density at radius 3 is 2.59 bits per heavy atom. The average molecular weight is 392 g/mol. The molecule has 2 aromatic rings. The Hall–Kier alpha value is -2.95. The maximum Gasteiger partial charge on any atom is 0.246 e. The second-order valence-corrected chi connectivity index (χ2v) is 7.92. The Bertz CT molecular complexity index is 846. The van der Waals surface area contributed by atoms with Gasteiger partial charge in [0.05, 0.1) is 0 Å². The number of aromatic nitrogens is 1. The van der Waals surface area contributed by atoms with E-state index < -0.39 is 6.04 Å². The van der Waals surface area contributed by atoms with Gasteiger partial charge >= 0.3 is 0 Å². The molecular weight excluding hydrogens is 362 g/mol. The third kappa shape index (κ3) is 5.11. The van der Waals surface area contributed by atoms with Crippen molar-refractivity contribution in [3.8, 4) is 11.1 Å². The molecule has 0 aliphatic carbocycles. The molecule has 1 aliphatic rings. The highest BCUT2D eigenvalue weighted by Gasteiger charge is 2.36. The van der Waals surface area contributed by atoms with Crippen LogP contribution in [0.4, 0.5) is 0 Å². The van der Waals surface area contributed by atoms with Gasteiger partial charge in [-0.05, 0) is 28.7 Å². The number of piperazine rings is 1. The van der Waals surface area contributed by atoms with Crippen molar-refractivity contribution in [2.45, 2.75) is 32.7 Å². The van der Waals surface area contributed by atoms with Crippen LogP contribution in [0, 0.1) is 5.92 Å². The SMILES string of the molecule is C=CCN1CCN(C(=O)CC(C)C)[C@H](Cc2ccc(-c3cccnc3)cc2)C1=O. The summed E-state index contributed by atoms with van der Waals surface area (Å²) in [6.45, 7) is 9.45. The molecule has 152 valence electrons. The van der Waals surface area contributed by atoms with E-state index in [9.17, 15) is 9.59 Å². The average Bonchev–Trinajstić information content (AvgIpc) is 2.72. The van der Waals surface area contributed by atoms with Crippen molar-refractivity contribution >= 4 is 11.8 Å². The predicted molar refractivity (Wildman–Crippen MR) is 115 cm³/mol. The Labute approximate surface area is 173 Å². The van der Waals surface area contributed by atoms with Gasteiger partial charge in [-0.2, -0.15) is 0 Å². The maximum atomic E-state index is 13.1. The van der Waals surface area contributed by atoms with Crippen LogP contribution in [0.5, 0.6) is 0 Å². The van der Waals surface area contributed by atoms with Crippen molar-refractivity contribution in [3.05, 3.63) is 67.0 Å². The standard InChI is InChI=1S/C24H29N3O2/c1-4-12-26-13-14-27(23(28)15-18(2)3)22(24(26)29)16-19-7-9-20(10-8-19)21-6-5-11-25-17-21/h4-11,17-18,22H,1,12-16H2,2-3H3/t22-/m1/s1. The Balaban J connectivity index is 1.80. The van der Waals surface area contributed by atoms with E-state index in [4.69, 9.17) is 0 Å². The predicted octanol–water partition coefficient (Wildman–Crippen LogP) is 3.56. The second kappa shape index (κ2) is 9.50. The van der Waals surface area contributed by atoms with Crippen molar-refractivity contribution in [2.24, 2.45) is 5.92 Å². The van der Waals surface area contributed by atoms with Gasteiger partial charge < -0.3 is 9.80 Å². The summed E-state index contributed by atoms with van der Waals surface area (Å²) in [5, 5.41) is 0. The van der Waals surface area contributed by atoms with Crippen molar-refractivity contribution in [2.75, 3.05) is 19.6 Å². The molecule has 2 amide bonds. The van der Waals surface area contributed by atoms with Gasteiger partial charge in [0.25, 0.3) is 0 Å². The highest BCUT2D eigenvalue weighted by atomic mass is 16.2. The molecule has 0 bridgehead atoms. The van der Waals surface area contributed by atoms with Crippen LogP contribution in [0.2, 0.25) is 0 Å². The highest BCUT2D eigenvalue weighted by Crippen LogP contribution is 2.22. The smallest absolute Gasteiger partial charge is 0.246 e. The first-order valence-corrected chi connectivity index (χ1v) is 10.2. The maximum absolute atomic E-state index is 13.1. The third-order valence-corrected chi connectivity index (χ3v) is 5.21. The van der Waals surface area contributed by atoms with Gasteiger partial charge in [-0.25, -0.2) is 0 Å². The monoisotopic (exact) mass is 391 g/mol. The van der Waals surface area contributed by atoms with E-state index in [1.54, 1.807) is 22.1 Å². The molecule has 0 spiro atoms. The van der Waals surface area contributed by atoms with E-state index >= 15 is 0 Å². The molecule has 1 aliphatic heterocycles. The zero-order chi connectivity index (χ0) is 20.8. The van der Waals surface area contributed by atoms with Crippen LogP contribution < -0.4 is 0 Å². The summed E-state index contributed by atoms with van der Waals surface area (Å²) >= 11 is 0. The number of pyridine rings is 1. The minimum Gasteiger partial charge on any atom is -0.335 e. The Kier molecular flexibility index (Phi) is 6.81. The van der Waals surface area contributed by atoms with Gasteiger partial charge in [0, 0.05) is 44.9 Å². The number of benzene rings is 1. The molecule has 1 saturated heterocycles. The molecular formula is C24H29N3O2. The van der Waals surface area contributed by atoms with Gasteiger partial charge in [-0.3, -0.25) is 14.6 Å². The summed E-state index contributed by atoms with van der Waals surface area (Å²) in [7, 11) is 0. The first kappa shape index (κ1) is 20.8. The van der Waals surface area contributed by atoms with Crippen LogP contribution in [0.15, 0.2) is 61.4 Å². The molecule has 0 unspecified atom stereocenters. The fourth-order valence-electron chi connectivity index (χ4n) is 3.73. The minimum atomic E-state index is -0.459. The normalized spacial score (nSPS) is 16.9. The summed E-state index contributed by atoms with van der Waals surface area (Å²) in [5.74, 6) is 0.330. The molecule has 1 atom stereocenters.